The SMILES string of the molecule is CN1CCN=C1CN(C(=O)C1CC1c1ccccc1)c1ccc2c(c1)CCCC2. The second kappa shape index (κ2) is 7.66. The molecule has 1 saturated carbocycles. The van der Waals surface area contributed by atoms with Crippen molar-refractivity contribution in [3.8, 4) is 0 Å². The zero-order valence-corrected chi connectivity index (χ0v) is 17.2. The molecule has 1 heterocycles. The van der Waals surface area contributed by atoms with Crippen molar-refractivity contribution in [2.24, 2.45) is 10.9 Å². The second-order valence-corrected chi connectivity index (χ2v) is 8.66. The topological polar surface area (TPSA) is 35.9 Å². The van der Waals surface area contributed by atoms with Gasteiger partial charge in [0.15, 0.2) is 0 Å². The molecular weight excluding hydrogens is 358 g/mol. The van der Waals surface area contributed by atoms with Gasteiger partial charge in [-0.05, 0) is 66.8 Å². The number of rotatable bonds is 5. The highest BCUT2D eigenvalue weighted by molar-refractivity contribution is 6.03. The number of amides is 1. The zero-order valence-electron chi connectivity index (χ0n) is 17.2. The maximum absolute atomic E-state index is 13.6. The molecule has 0 aromatic heterocycles. The van der Waals surface area contributed by atoms with E-state index in [9.17, 15) is 4.79 Å². The van der Waals surface area contributed by atoms with E-state index >= 15 is 0 Å². The van der Waals surface area contributed by atoms with Gasteiger partial charge in [0, 0.05) is 25.2 Å². The minimum Gasteiger partial charge on any atom is -0.360 e. The molecule has 29 heavy (non-hydrogen) atoms. The van der Waals surface area contributed by atoms with Gasteiger partial charge >= 0.3 is 0 Å². The number of aryl methyl sites for hydroxylation is 2. The van der Waals surface area contributed by atoms with Gasteiger partial charge in [0.25, 0.3) is 0 Å². The van der Waals surface area contributed by atoms with E-state index in [0.717, 1.165) is 43.9 Å². The van der Waals surface area contributed by atoms with Gasteiger partial charge in [-0.25, -0.2) is 0 Å². The Morgan fingerprint density at radius 3 is 2.66 bits per heavy atom. The van der Waals surface area contributed by atoms with E-state index < -0.39 is 0 Å². The van der Waals surface area contributed by atoms with Gasteiger partial charge in [-0.15, -0.1) is 0 Å². The monoisotopic (exact) mass is 387 g/mol. The smallest absolute Gasteiger partial charge is 0.231 e. The lowest BCUT2D eigenvalue weighted by Gasteiger charge is -2.27. The molecule has 2 aromatic rings. The van der Waals surface area contributed by atoms with Gasteiger partial charge in [0.2, 0.25) is 5.91 Å². The standard InChI is InChI=1S/C25H29N3O/c1-27-14-13-26-24(27)17-28(21-12-11-18-7-5-6-10-20(18)15-21)25(29)23-16-22(23)19-8-3-2-4-9-19/h2-4,8-9,11-12,15,22-23H,5-7,10,13-14,16-17H2,1H3. The van der Waals surface area contributed by atoms with Gasteiger partial charge in [0.05, 0.1) is 13.1 Å². The predicted molar refractivity (Wildman–Crippen MR) is 118 cm³/mol. The number of benzene rings is 2. The average Bonchev–Trinajstić information content (AvgIpc) is 3.47. The van der Waals surface area contributed by atoms with E-state index in [2.05, 4.69) is 59.4 Å². The second-order valence-electron chi connectivity index (χ2n) is 8.66. The van der Waals surface area contributed by atoms with Crippen LogP contribution < -0.4 is 4.90 Å². The molecule has 0 radical (unpaired) electrons. The summed E-state index contributed by atoms with van der Waals surface area (Å²) in [5, 5.41) is 0. The molecule has 1 aliphatic heterocycles. The molecule has 4 nitrogen and oxygen atoms in total. The molecule has 0 N–H and O–H groups in total. The molecule has 0 saturated heterocycles. The molecular formula is C25H29N3O. The Labute approximate surface area is 173 Å². The van der Waals surface area contributed by atoms with Crippen LogP contribution in [-0.4, -0.2) is 43.3 Å². The summed E-state index contributed by atoms with van der Waals surface area (Å²) >= 11 is 0. The molecule has 0 spiro atoms. The number of aliphatic imine (C=N–C) groups is 1. The summed E-state index contributed by atoms with van der Waals surface area (Å²) in [5.74, 6) is 1.71. The third-order valence-corrected chi connectivity index (χ3v) is 6.72. The Morgan fingerprint density at radius 1 is 1.10 bits per heavy atom. The van der Waals surface area contributed by atoms with Crippen LogP contribution in [0.2, 0.25) is 0 Å². The number of amidine groups is 1. The van der Waals surface area contributed by atoms with Crippen molar-refractivity contribution >= 4 is 17.4 Å². The van der Waals surface area contributed by atoms with E-state index in [0.29, 0.717) is 12.5 Å². The van der Waals surface area contributed by atoms with E-state index in [1.807, 2.05) is 11.0 Å². The van der Waals surface area contributed by atoms with Gasteiger partial charge in [-0.2, -0.15) is 0 Å². The van der Waals surface area contributed by atoms with Crippen molar-refractivity contribution in [1.29, 1.82) is 0 Å². The number of anilines is 1. The summed E-state index contributed by atoms with van der Waals surface area (Å²) in [6, 6.07) is 17.1. The van der Waals surface area contributed by atoms with Crippen LogP contribution in [0, 0.1) is 5.92 Å². The van der Waals surface area contributed by atoms with Crippen molar-refractivity contribution < 1.29 is 4.79 Å². The highest BCUT2D eigenvalue weighted by Crippen LogP contribution is 2.49. The van der Waals surface area contributed by atoms with Gasteiger partial charge in [-0.1, -0.05) is 36.4 Å². The molecule has 4 heteroatoms. The normalized spacial score (nSPS) is 22.8. The number of hydrogen-bond donors (Lipinski definition) is 0. The molecule has 1 fully saturated rings. The van der Waals surface area contributed by atoms with Crippen molar-refractivity contribution in [2.45, 2.75) is 38.0 Å². The molecule has 150 valence electrons. The number of carbonyl (C=O) groups excluding carboxylic acids is 1. The van der Waals surface area contributed by atoms with Crippen molar-refractivity contribution in [1.82, 2.24) is 4.90 Å². The van der Waals surface area contributed by atoms with Gasteiger partial charge < -0.3 is 9.80 Å². The van der Waals surface area contributed by atoms with Crippen LogP contribution in [0.4, 0.5) is 5.69 Å². The molecule has 2 atom stereocenters. The lowest BCUT2D eigenvalue weighted by molar-refractivity contribution is -0.119. The van der Waals surface area contributed by atoms with Crippen LogP contribution in [-0.2, 0) is 17.6 Å². The van der Waals surface area contributed by atoms with Gasteiger partial charge in [0.1, 0.15) is 5.84 Å². The van der Waals surface area contributed by atoms with Crippen LogP contribution in [0.3, 0.4) is 0 Å². The van der Waals surface area contributed by atoms with E-state index in [4.69, 9.17) is 0 Å². The molecule has 3 aliphatic rings. The fraction of sp³-hybridized carbons (Fsp3) is 0.440. The lowest BCUT2D eigenvalue weighted by Crippen LogP contribution is -2.41. The molecule has 0 bridgehead atoms. The average molecular weight is 388 g/mol. The number of nitrogens with zero attached hydrogens (tertiary/aromatic N) is 3. The summed E-state index contributed by atoms with van der Waals surface area (Å²) in [6.07, 6.45) is 5.77. The maximum Gasteiger partial charge on any atom is 0.231 e. The van der Waals surface area contributed by atoms with Crippen molar-refractivity contribution in [3.05, 3.63) is 65.2 Å². The van der Waals surface area contributed by atoms with E-state index in [-0.39, 0.29) is 11.8 Å². The molecule has 1 amide bonds. The Bertz CT molecular complexity index is 936. The zero-order chi connectivity index (χ0) is 19.8. The van der Waals surface area contributed by atoms with Gasteiger partial charge in [-0.3, -0.25) is 9.79 Å². The summed E-state index contributed by atoms with van der Waals surface area (Å²) in [4.78, 5) is 22.4. The first-order chi connectivity index (χ1) is 14.2. The highest BCUT2D eigenvalue weighted by atomic mass is 16.2. The van der Waals surface area contributed by atoms with E-state index in [1.54, 1.807) is 0 Å². The number of hydrogen-bond acceptors (Lipinski definition) is 3. The molecule has 2 aliphatic carbocycles. The summed E-state index contributed by atoms with van der Waals surface area (Å²) in [7, 11) is 2.07. The minimum absolute atomic E-state index is 0.0840. The number of likely N-dealkylation sites (N-methyl/N-ethyl adjacent to an activating group) is 1. The van der Waals surface area contributed by atoms with Crippen LogP contribution in [0.25, 0.3) is 0 Å². The predicted octanol–water partition coefficient (Wildman–Crippen LogP) is 4.05. The van der Waals surface area contributed by atoms with Crippen LogP contribution in [0.5, 0.6) is 0 Å². The minimum atomic E-state index is 0.0840. The van der Waals surface area contributed by atoms with Crippen LogP contribution in [0.15, 0.2) is 53.5 Å². The Balaban J connectivity index is 1.42. The van der Waals surface area contributed by atoms with Crippen molar-refractivity contribution in [2.75, 3.05) is 31.6 Å². The summed E-state index contributed by atoms with van der Waals surface area (Å²) in [5.41, 5.74) is 5.20. The Morgan fingerprint density at radius 2 is 1.90 bits per heavy atom. The maximum atomic E-state index is 13.6. The fourth-order valence-corrected chi connectivity index (χ4v) is 4.81. The molecule has 2 unspecified atom stereocenters. The summed E-state index contributed by atoms with van der Waals surface area (Å²) in [6.45, 7) is 2.35. The highest BCUT2D eigenvalue weighted by Gasteiger charge is 2.46. The first-order valence-electron chi connectivity index (χ1n) is 10.9. The third kappa shape index (κ3) is 3.68. The number of carbonyl (C=O) groups is 1. The number of fused-ring (bicyclic) bond motifs is 1. The molecule has 5 rings (SSSR count). The third-order valence-electron chi connectivity index (χ3n) is 6.72. The van der Waals surface area contributed by atoms with E-state index in [1.165, 1.54) is 29.5 Å². The molecule has 2 aromatic carbocycles. The van der Waals surface area contributed by atoms with Crippen molar-refractivity contribution in [3.63, 3.8) is 0 Å². The Kier molecular flexibility index (Phi) is 4.86. The first kappa shape index (κ1) is 18.4. The van der Waals surface area contributed by atoms with Crippen LogP contribution >= 0.6 is 0 Å². The summed E-state index contributed by atoms with van der Waals surface area (Å²) < 4.78 is 0. The van der Waals surface area contributed by atoms with Crippen LogP contribution in [0.1, 0.15) is 41.9 Å². The lowest BCUT2D eigenvalue weighted by atomic mass is 9.91. The Hall–Kier alpha value is -2.62. The first-order valence-corrected chi connectivity index (χ1v) is 10.9. The quantitative estimate of drug-likeness (QED) is 0.776. The largest absolute Gasteiger partial charge is 0.360 e. The fourth-order valence-electron chi connectivity index (χ4n) is 4.81.